The van der Waals surface area contributed by atoms with E-state index in [4.69, 9.17) is 16.3 Å². The fourth-order valence-corrected chi connectivity index (χ4v) is 6.66. The first-order valence-electron chi connectivity index (χ1n) is 13.2. The minimum atomic E-state index is -4.72. The number of anilines is 2. The monoisotopic (exact) mass is 639 g/mol. The van der Waals surface area contributed by atoms with Gasteiger partial charge in [-0.25, -0.2) is 12.8 Å². The Bertz CT molecular complexity index is 1630. The van der Waals surface area contributed by atoms with Crippen LogP contribution in [0.25, 0.3) is 11.6 Å². The van der Waals surface area contributed by atoms with Gasteiger partial charge in [-0.3, -0.25) is 14.0 Å². The predicted octanol–water partition coefficient (Wildman–Crippen LogP) is 6.18. The van der Waals surface area contributed by atoms with Gasteiger partial charge in [0.1, 0.15) is 5.82 Å². The highest BCUT2D eigenvalue weighted by Gasteiger charge is 2.35. The van der Waals surface area contributed by atoms with Crippen molar-refractivity contribution in [3.63, 3.8) is 0 Å². The Morgan fingerprint density at radius 2 is 1.79 bits per heavy atom. The Morgan fingerprint density at radius 1 is 1.07 bits per heavy atom. The fraction of sp³-hybridized carbons (Fsp3) is 0.300. The summed E-state index contributed by atoms with van der Waals surface area (Å²) < 4.78 is 88.2. The first-order chi connectivity index (χ1) is 20.2. The second-order valence-corrected chi connectivity index (χ2v) is 12.3. The van der Waals surface area contributed by atoms with Gasteiger partial charge < -0.3 is 9.64 Å². The molecular weight excluding hydrogens is 610 g/mol. The molecule has 43 heavy (non-hydrogen) atoms. The third-order valence-electron chi connectivity index (χ3n) is 7.05. The molecule has 7 nitrogen and oxygen atoms in total. The second kappa shape index (κ2) is 12.9. The summed E-state index contributed by atoms with van der Waals surface area (Å²) in [6, 6.07) is 13.0. The van der Waals surface area contributed by atoms with Crippen molar-refractivity contribution in [3.05, 3.63) is 88.2 Å². The Labute approximate surface area is 253 Å². The Hall–Kier alpha value is -3.61. The van der Waals surface area contributed by atoms with E-state index in [1.807, 2.05) is 4.90 Å². The molecule has 4 rings (SSSR count). The number of benzene rings is 3. The SMILES string of the molecule is COC(=O)CN(C)CCN1CCN(S(=O)(=O)c2cccc(C(F)(F)F)c2)c2cc(/C=C(\C)c3c(F)cccc3Cl)ccc21. The first kappa shape index (κ1) is 32.3. The van der Waals surface area contributed by atoms with Gasteiger partial charge in [0, 0.05) is 25.2 Å². The molecule has 0 saturated carbocycles. The second-order valence-electron chi connectivity index (χ2n) is 10.1. The molecule has 1 heterocycles. The summed E-state index contributed by atoms with van der Waals surface area (Å²) >= 11 is 6.23. The maximum Gasteiger partial charge on any atom is 0.416 e. The molecule has 0 aromatic heterocycles. The number of rotatable bonds is 9. The fourth-order valence-electron chi connectivity index (χ4n) is 4.84. The van der Waals surface area contributed by atoms with E-state index >= 15 is 0 Å². The van der Waals surface area contributed by atoms with Crippen LogP contribution in [0, 0.1) is 5.82 Å². The topological polar surface area (TPSA) is 70.2 Å². The number of halogens is 5. The molecule has 3 aromatic carbocycles. The van der Waals surface area contributed by atoms with Crippen LogP contribution in [0.15, 0.2) is 65.6 Å². The average molecular weight is 640 g/mol. The normalized spacial score (nSPS) is 14.2. The van der Waals surface area contributed by atoms with Gasteiger partial charge in [0.25, 0.3) is 10.0 Å². The van der Waals surface area contributed by atoms with Crippen LogP contribution in [0.4, 0.5) is 28.9 Å². The number of hydrogen-bond donors (Lipinski definition) is 0. The van der Waals surface area contributed by atoms with E-state index in [2.05, 4.69) is 0 Å². The quantitative estimate of drug-likeness (QED) is 0.158. The van der Waals surface area contributed by atoms with Crippen LogP contribution in [0.3, 0.4) is 0 Å². The standard InChI is InChI=1S/C30H30ClF4N3O4S/c1-20(29-24(31)8-5-9-25(29)32)16-21-10-11-26-27(17-21)38(15-14-37(26)13-12-36(2)19-28(39)42-3)43(40,41)23-7-4-6-22(18-23)30(33,34)35/h4-11,16-18H,12-15,19H2,1-3H3/b20-16+. The van der Waals surface area contributed by atoms with Gasteiger partial charge in [-0.1, -0.05) is 35.9 Å². The number of nitrogens with zero attached hydrogens (tertiary/aromatic N) is 3. The highest BCUT2D eigenvalue weighted by atomic mass is 35.5. The van der Waals surface area contributed by atoms with E-state index in [0.29, 0.717) is 36.0 Å². The summed E-state index contributed by atoms with van der Waals surface area (Å²) in [7, 11) is -1.37. The molecule has 0 radical (unpaired) electrons. The van der Waals surface area contributed by atoms with E-state index in [1.165, 1.54) is 19.2 Å². The van der Waals surface area contributed by atoms with Gasteiger partial charge in [0.05, 0.1) is 47.1 Å². The van der Waals surface area contributed by atoms with Crippen LogP contribution >= 0.6 is 11.6 Å². The van der Waals surface area contributed by atoms with Gasteiger partial charge in [0.15, 0.2) is 0 Å². The number of methoxy groups -OCH3 is 1. The molecule has 1 aliphatic heterocycles. The maximum absolute atomic E-state index is 14.6. The van der Waals surface area contributed by atoms with Crippen molar-refractivity contribution in [1.82, 2.24) is 4.90 Å². The van der Waals surface area contributed by atoms with E-state index in [0.717, 1.165) is 22.5 Å². The number of alkyl halides is 3. The molecule has 0 fully saturated rings. The van der Waals surface area contributed by atoms with Gasteiger partial charge in [-0.05, 0) is 67.6 Å². The van der Waals surface area contributed by atoms with Gasteiger partial charge in [0.2, 0.25) is 0 Å². The summed E-state index contributed by atoms with van der Waals surface area (Å²) in [4.78, 5) is 14.9. The van der Waals surface area contributed by atoms with Gasteiger partial charge in [-0.2, -0.15) is 13.2 Å². The van der Waals surface area contributed by atoms with Crippen molar-refractivity contribution in [2.45, 2.75) is 18.0 Å². The van der Waals surface area contributed by atoms with E-state index < -0.39 is 38.4 Å². The molecule has 0 saturated heterocycles. The zero-order valence-electron chi connectivity index (χ0n) is 23.7. The van der Waals surface area contributed by atoms with Crippen molar-refractivity contribution >= 4 is 50.6 Å². The third-order valence-corrected chi connectivity index (χ3v) is 9.17. The molecule has 0 atom stereocenters. The zero-order valence-corrected chi connectivity index (χ0v) is 25.2. The molecule has 0 unspecified atom stereocenters. The predicted molar refractivity (Wildman–Crippen MR) is 159 cm³/mol. The largest absolute Gasteiger partial charge is 0.468 e. The number of sulfonamides is 1. The van der Waals surface area contributed by atoms with Crippen LogP contribution in [0.5, 0.6) is 0 Å². The molecule has 0 spiro atoms. The number of allylic oxidation sites excluding steroid dienone is 1. The number of fused-ring (bicyclic) bond motifs is 1. The Kier molecular flexibility index (Phi) is 9.73. The number of esters is 1. The molecular formula is C30H30ClF4N3O4S. The number of carbonyl (C=O) groups is 1. The van der Waals surface area contributed by atoms with Gasteiger partial charge in [-0.15, -0.1) is 0 Å². The lowest BCUT2D eigenvalue weighted by Crippen LogP contribution is -2.46. The van der Waals surface area contributed by atoms with Crippen molar-refractivity contribution in [1.29, 1.82) is 0 Å². The lowest BCUT2D eigenvalue weighted by molar-refractivity contribution is -0.141. The molecule has 230 valence electrons. The summed E-state index contributed by atoms with van der Waals surface area (Å²) in [6.07, 6.45) is -3.06. The zero-order chi connectivity index (χ0) is 31.5. The van der Waals surface area contributed by atoms with Crippen LogP contribution in [0.1, 0.15) is 23.6 Å². The molecule has 13 heteroatoms. The first-order valence-corrected chi connectivity index (χ1v) is 15.0. The molecule has 0 N–H and O–H groups in total. The number of ether oxygens (including phenoxy) is 1. The molecule has 3 aromatic rings. The highest BCUT2D eigenvalue weighted by molar-refractivity contribution is 7.92. The summed E-state index contributed by atoms with van der Waals surface area (Å²) in [5.41, 5.74) is 0.935. The average Bonchev–Trinajstić information content (AvgIpc) is 2.95. The number of likely N-dealkylation sites (N-methyl/N-ethyl adjacent to an activating group) is 1. The van der Waals surface area contributed by atoms with Crippen molar-refractivity contribution < 1.29 is 35.5 Å². The van der Waals surface area contributed by atoms with Crippen molar-refractivity contribution in [2.75, 3.05) is 56.1 Å². The van der Waals surface area contributed by atoms with Crippen LogP contribution in [0.2, 0.25) is 5.02 Å². The summed E-state index contributed by atoms with van der Waals surface area (Å²) in [5.74, 6) is -0.920. The van der Waals surface area contributed by atoms with Crippen LogP contribution < -0.4 is 9.21 Å². The van der Waals surface area contributed by atoms with Crippen LogP contribution in [-0.2, 0) is 25.7 Å². The van der Waals surface area contributed by atoms with Crippen LogP contribution in [-0.4, -0.2) is 66.2 Å². The maximum atomic E-state index is 14.6. The number of hydrogen-bond acceptors (Lipinski definition) is 6. The molecule has 0 amide bonds. The Morgan fingerprint density at radius 3 is 2.47 bits per heavy atom. The lowest BCUT2D eigenvalue weighted by atomic mass is 10.0. The third kappa shape index (κ3) is 7.31. The number of carbonyl (C=O) groups excluding carboxylic acids is 1. The van der Waals surface area contributed by atoms with Gasteiger partial charge >= 0.3 is 12.1 Å². The van der Waals surface area contributed by atoms with E-state index in [9.17, 15) is 30.8 Å². The highest BCUT2D eigenvalue weighted by Crippen LogP contribution is 2.39. The van der Waals surface area contributed by atoms with E-state index in [-0.39, 0.29) is 35.9 Å². The minimum Gasteiger partial charge on any atom is -0.468 e. The lowest BCUT2D eigenvalue weighted by Gasteiger charge is -2.39. The smallest absolute Gasteiger partial charge is 0.416 e. The molecule has 0 bridgehead atoms. The summed E-state index contributed by atoms with van der Waals surface area (Å²) in [5, 5.41) is 0.211. The minimum absolute atomic E-state index is 0.0441. The van der Waals surface area contributed by atoms with Crippen molar-refractivity contribution in [3.8, 4) is 0 Å². The van der Waals surface area contributed by atoms with Crippen molar-refractivity contribution in [2.24, 2.45) is 0 Å². The Balaban J connectivity index is 1.76. The van der Waals surface area contributed by atoms with E-state index in [1.54, 1.807) is 49.2 Å². The summed E-state index contributed by atoms with van der Waals surface area (Å²) in [6.45, 7) is 2.81. The molecule has 1 aliphatic rings. The molecule has 0 aliphatic carbocycles.